The van der Waals surface area contributed by atoms with Crippen LogP contribution in [0.25, 0.3) is 0 Å². The highest BCUT2D eigenvalue weighted by Crippen LogP contribution is 2.36. The van der Waals surface area contributed by atoms with E-state index in [1.165, 1.54) is 37.3 Å². The molecule has 0 aliphatic heterocycles. The summed E-state index contributed by atoms with van der Waals surface area (Å²) in [7, 11) is -1.34. The van der Waals surface area contributed by atoms with Crippen LogP contribution >= 0.6 is 0 Å². The Bertz CT molecular complexity index is 1380. The molecule has 9 nitrogen and oxygen atoms in total. The summed E-state index contributed by atoms with van der Waals surface area (Å²) in [5.74, 6) is -0.168. The molecule has 3 aromatic carbocycles. The lowest BCUT2D eigenvalue weighted by Gasteiger charge is -2.33. The number of hydrogen-bond donors (Lipinski definition) is 1. The standard InChI is InChI=1S/C31H39N3O6S/c1-5-7-20-32-31(36)27(6-2)33(22-24-14-10-8-11-15-24)30(35)23-34(41(37,38)26-16-12-9-13-17-26)28-21-25(39-3)18-19-29(28)40-4/h8-19,21,27H,5-7,20,22-23H2,1-4H3,(H,32,36)/t27-/m1/s1. The van der Waals surface area contributed by atoms with Gasteiger partial charge < -0.3 is 19.7 Å². The molecule has 0 aliphatic rings. The van der Waals surface area contributed by atoms with Crippen LogP contribution in [0.1, 0.15) is 38.7 Å². The molecule has 3 aromatic rings. The number of ether oxygens (including phenoxy) is 2. The topological polar surface area (TPSA) is 105 Å². The summed E-state index contributed by atoms with van der Waals surface area (Å²) >= 11 is 0. The zero-order valence-corrected chi connectivity index (χ0v) is 24.9. The van der Waals surface area contributed by atoms with E-state index in [9.17, 15) is 18.0 Å². The quantitative estimate of drug-likeness (QED) is 0.263. The maximum absolute atomic E-state index is 14.2. The molecular formula is C31H39N3O6S. The molecule has 0 radical (unpaired) electrons. The number of unbranched alkanes of at least 4 members (excludes halogenated alkanes) is 1. The van der Waals surface area contributed by atoms with Crippen molar-refractivity contribution in [1.82, 2.24) is 10.2 Å². The lowest BCUT2D eigenvalue weighted by Crippen LogP contribution is -2.52. The summed E-state index contributed by atoms with van der Waals surface area (Å²) in [6.45, 7) is 3.93. The zero-order chi connectivity index (χ0) is 29.8. The number of carbonyl (C=O) groups excluding carboxylic acids is 2. The predicted molar refractivity (Wildman–Crippen MR) is 160 cm³/mol. The van der Waals surface area contributed by atoms with E-state index in [0.717, 1.165) is 22.7 Å². The van der Waals surface area contributed by atoms with Crippen molar-refractivity contribution in [2.45, 2.75) is 50.6 Å². The summed E-state index contributed by atoms with van der Waals surface area (Å²) in [5.41, 5.74) is 0.959. The number of nitrogens with one attached hydrogen (secondary N) is 1. The fourth-order valence-corrected chi connectivity index (χ4v) is 5.87. The van der Waals surface area contributed by atoms with Crippen molar-refractivity contribution in [3.05, 3.63) is 84.4 Å². The third-order valence-electron chi connectivity index (χ3n) is 6.68. The molecule has 220 valence electrons. The Labute approximate surface area is 243 Å². The number of nitrogens with zero attached hydrogens (tertiary/aromatic N) is 2. The van der Waals surface area contributed by atoms with Crippen LogP contribution in [0, 0.1) is 0 Å². The molecular weight excluding hydrogens is 542 g/mol. The Kier molecular flexibility index (Phi) is 11.6. The van der Waals surface area contributed by atoms with Crippen LogP contribution in [0.3, 0.4) is 0 Å². The maximum atomic E-state index is 14.2. The SMILES string of the molecule is CCCCNC(=O)[C@@H](CC)N(Cc1ccccc1)C(=O)CN(c1cc(OC)ccc1OC)S(=O)(=O)c1ccccc1. The van der Waals surface area contributed by atoms with Crippen molar-refractivity contribution >= 4 is 27.5 Å². The van der Waals surface area contributed by atoms with Gasteiger partial charge in [-0.3, -0.25) is 13.9 Å². The van der Waals surface area contributed by atoms with Crippen LogP contribution < -0.4 is 19.1 Å². The van der Waals surface area contributed by atoms with E-state index in [1.54, 1.807) is 30.3 Å². The van der Waals surface area contributed by atoms with E-state index < -0.39 is 28.5 Å². The van der Waals surface area contributed by atoms with Crippen LogP contribution in [-0.4, -0.2) is 58.5 Å². The van der Waals surface area contributed by atoms with Crippen LogP contribution in [0.15, 0.2) is 83.8 Å². The third-order valence-corrected chi connectivity index (χ3v) is 8.45. The summed E-state index contributed by atoms with van der Waals surface area (Å²) in [6.07, 6.45) is 2.08. The number of sulfonamides is 1. The largest absolute Gasteiger partial charge is 0.497 e. The highest BCUT2D eigenvalue weighted by atomic mass is 32.2. The zero-order valence-electron chi connectivity index (χ0n) is 24.1. The van der Waals surface area contributed by atoms with Crippen molar-refractivity contribution in [3.8, 4) is 11.5 Å². The summed E-state index contributed by atoms with van der Waals surface area (Å²) in [4.78, 5) is 28.9. The summed E-state index contributed by atoms with van der Waals surface area (Å²) in [5, 5.41) is 2.93. The number of benzene rings is 3. The second-order valence-electron chi connectivity index (χ2n) is 9.44. The van der Waals surface area contributed by atoms with Crippen LogP contribution in [0.5, 0.6) is 11.5 Å². The van der Waals surface area contributed by atoms with E-state index >= 15 is 0 Å². The Morgan fingerprint density at radius 1 is 0.902 bits per heavy atom. The normalized spacial score (nSPS) is 11.8. The molecule has 0 saturated carbocycles. The van der Waals surface area contributed by atoms with Gasteiger partial charge in [-0.05, 0) is 42.7 Å². The molecule has 2 amide bonds. The molecule has 0 saturated heterocycles. The predicted octanol–water partition coefficient (Wildman–Crippen LogP) is 4.62. The minimum atomic E-state index is -4.23. The fourth-order valence-electron chi connectivity index (χ4n) is 4.43. The van der Waals surface area contributed by atoms with E-state index in [1.807, 2.05) is 44.2 Å². The van der Waals surface area contributed by atoms with Gasteiger partial charge in [0.15, 0.2) is 0 Å². The van der Waals surface area contributed by atoms with Gasteiger partial charge in [0.05, 0.1) is 24.8 Å². The first-order valence-electron chi connectivity index (χ1n) is 13.7. The Morgan fingerprint density at radius 3 is 2.15 bits per heavy atom. The van der Waals surface area contributed by atoms with E-state index in [2.05, 4.69) is 5.32 Å². The minimum absolute atomic E-state index is 0.0108. The maximum Gasteiger partial charge on any atom is 0.264 e. The van der Waals surface area contributed by atoms with E-state index in [0.29, 0.717) is 18.7 Å². The van der Waals surface area contributed by atoms with Gasteiger partial charge in [0.1, 0.15) is 24.1 Å². The van der Waals surface area contributed by atoms with Crippen molar-refractivity contribution in [1.29, 1.82) is 0 Å². The van der Waals surface area contributed by atoms with Gasteiger partial charge >= 0.3 is 0 Å². The Morgan fingerprint density at radius 2 is 1.56 bits per heavy atom. The number of anilines is 1. The smallest absolute Gasteiger partial charge is 0.264 e. The lowest BCUT2D eigenvalue weighted by molar-refractivity contribution is -0.140. The number of amides is 2. The highest BCUT2D eigenvalue weighted by Gasteiger charge is 2.34. The lowest BCUT2D eigenvalue weighted by atomic mass is 10.1. The third kappa shape index (κ3) is 8.00. The van der Waals surface area contributed by atoms with Gasteiger partial charge in [-0.2, -0.15) is 0 Å². The Hall–Kier alpha value is -4.05. The molecule has 0 aromatic heterocycles. The molecule has 0 bridgehead atoms. The van der Waals surface area contributed by atoms with Gasteiger partial charge in [0.25, 0.3) is 10.0 Å². The second kappa shape index (κ2) is 15.1. The molecule has 10 heteroatoms. The first-order valence-corrected chi connectivity index (χ1v) is 15.1. The van der Waals surface area contributed by atoms with Crippen LogP contribution in [0.2, 0.25) is 0 Å². The van der Waals surface area contributed by atoms with Crippen LogP contribution in [0.4, 0.5) is 5.69 Å². The van der Waals surface area contributed by atoms with Crippen molar-refractivity contribution in [2.24, 2.45) is 0 Å². The van der Waals surface area contributed by atoms with Gasteiger partial charge in [-0.1, -0.05) is 68.8 Å². The first-order chi connectivity index (χ1) is 19.8. The summed E-state index contributed by atoms with van der Waals surface area (Å²) < 4.78 is 40.0. The molecule has 3 rings (SSSR count). The van der Waals surface area contributed by atoms with E-state index in [-0.39, 0.29) is 28.8 Å². The molecule has 0 spiro atoms. The van der Waals surface area contributed by atoms with Gasteiger partial charge in [-0.15, -0.1) is 0 Å². The van der Waals surface area contributed by atoms with Crippen LogP contribution in [-0.2, 0) is 26.2 Å². The summed E-state index contributed by atoms with van der Waals surface area (Å²) in [6, 6.07) is 21.1. The molecule has 1 atom stereocenters. The number of carbonyl (C=O) groups is 2. The van der Waals surface area contributed by atoms with Gasteiger partial charge in [-0.25, -0.2) is 8.42 Å². The van der Waals surface area contributed by atoms with Crippen molar-refractivity contribution in [2.75, 3.05) is 31.6 Å². The molecule has 0 aliphatic carbocycles. The number of rotatable bonds is 15. The minimum Gasteiger partial charge on any atom is -0.497 e. The highest BCUT2D eigenvalue weighted by molar-refractivity contribution is 7.92. The van der Waals surface area contributed by atoms with Gasteiger partial charge in [0, 0.05) is 19.2 Å². The molecule has 0 unspecified atom stereocenters. The molecule has 0 heterocycles. The van der Waals surface area contributed by atoms with E-state index in [4.69, 9.17) is 9.47 Å². The second-order valence-corrected chi connectivity index (χ2v) is 11.3. The van der Waals surface area contributed by atoms with Gasteiger partial charge in [0.2, 0.25) is 11.8 Å². The number of hydrogen-bond acceptors (Lipinski definition) is 6. The molecule has 41 heavy (non-hydrogen) atoms. The average molecular weight is 582 g/mol. The molecule has 1 N–H and O–H groups in total. The number of methoxy groups -OCH3 is 2. The monoisotopic (exact) mass is 581 g/mol. The first kappa shape index (κ1) is 31.5. The van der Waals surface area contributed by atoms with Crippen molar-refractivity contribution in [3.63, 3.8) is 0 Å². The molecule has 0 fully saturated rings. The van der Waals surface area contributed by atoms with Crippen molar-refractivity contribution < 1.29 is 27.5 Å². The average Bonchev–Trinajstić information content (AvgIpc) is 3.00. The fraction of sp³-hybridized carbons (Fsp3) is 0.355. The Balaban J connectivity index is 2.09.